The van der Waals surface area contributed by atoms with Gasteiger partial charge in [-0.15, -0.1) is 0 Å². The zero-order valence-corrected chi connectivity index (χ0v) is 16.1. The lowest BCUT2D eigenvalue weighted by Crippen LogP contribution is -2.39. The lowest BCUT2D eigenvalue weighted by Gasteiger charge is -2.10. The number of para-hydroxylation sites is 3. The van der Waals surface area contributed by atoms with E-state index in [9.17, 15) is 4.79 Å². The van der Waals surface area contributed by atoms with E-state index in [4.69, 9.17) is 0 Å². The maximum Gasteiger partial charge on any atom is 0.266 e. The van der Waals surface area contributed by atoms with E-state index in [1.807, 2.05) is 82.2 Å². The highest BCUT2D eigenvalue weighted by Crippen LogP contribution is 2.33. The second-order valence-corrected chi connectivity index (χ2v) is 7.40. The first-order valence-corrected chi connectivity index (χ1v) is 9.79. The van der Waals surface area contributed by atoms with Gasteiger partial charge in [-0.25, -0.2) is 9.13 Å². The molecule has 138 valence electrons. The van der Waals surface area contributed by atoms with Gasteiger partial charge < -0.3 is 5.32 Å². The molecule has 5 heteroatoms. The minimum atomic E-state index is -0.0712. The van der Waals surface area contributed by atoms with Gasteiger partial charge in [0.25, 0.3) is 5.91 Å². The number of hydrogen-bond acceptors (Lipinski definition) is 2. The molecule has 4 rings (SSSR count). The zero-order valence-electron chi connectivity index (χ0n) is 15.3. The fourth-order valence-corrected chi connectivity index (χ4v) is 4.01. The first kappa shape index (κ1) is 18.1. The van der Waals surface area contributed by atoms with Gasteiger partial charge in [0, 0.05) is 9.79 Å². The van der Waals surface area contributed by atoms with Crippen molar-refractivity contribution in [2.24, 2.45) is 0 Å². The van der Waals surface area contributed by atoms with Crippen molar-refractivity contribution in [2.75, 3.05) is 5.32 Å². The highest BCUT2D eigenvalue weighted by atomic mass is 32.2. The van der Waals surface area contributed by atoms with E-state index in [0.717, 1.165) is 26.5 Å². The highest BCUT2D eigenvalue weighted by molar-refractivity contribution is 7.99. The number of rotatable bonds is 6. The third kappa shape index (κ3) is 3.85. The maximum atomic E-state index is 12.8. The van der Waals surface area contributed by atoms with E-state index in [1.165, 1.54) is 0 Å². The summed E-state index contributed by atoms with van der Waals surface area (Å²) in [6.45, 7) is 4.07. The van der Waals surface area contributed by atoms with Crippen LogP contribution in [0.15, 0.2) is 102 Å². The monoisotopic (exact) mass is 386 g/mol. The molecule has 0 fully saturated rings. The van der Waals surface area contributed by atoms with E-state index < -0.39 is 0 Å². The topological polar surface area (TPSA) is 37.9 Å². The number of nitrogens with one attached hydrogen (secondary N) is 1. The predicted octanol–water partition coefficient (Wildman–Crippen LogP) is 4.82. The van der Waals surface area contributed by atoms with Crippen LogP contribution in [0.2, 0.25) is 0 Å². The molecule has 0 spiro atoms. The molecule has 0 unspecified atom stereocenters. The summed E-state index contributed by atoms with van der Waals surface area (Å²) in [5.74, 6) is -0.0712. The highest BCUT2D eigenvalue weighted by Gasteiger charge is 2.17. The molecule has 0 aliphatic heterocycles. The largest absolute Gasteiger partial charge is 0.322 e. The van der Waals surface area contributed by atoms with Gasteiger partial charge in [-0.2, -0.15) is 0 Å². The molecular formula is C23H20N3OS+. The summed E-state index contributed by atoms with van der Waals surface area (Å²) in [5, 5.41) is 3.06. The summed E-state index contributed by atoms with van der Waals surface area (Å²) >= 11 is 1.63. The Morgan fingerprint density at radius 3 is 2.54 bits per heavy atom. The van der Waals surface area contributed by atoms with Crippen molar-refractivity contribution >= 4 is 40.6 Å². The van der Waals surface area contributed by atoms with Crippen LogP contribution in [0.1, 0.15) is 0 Å². The van der Waals surface area contributed by atoms with Crippen molar-refractivity contribution in [3.8, 4) is 0 Å². The molecule has 1 heterocycles. The van der Waals surface area contributed by atoms with Crippen LogP contribution in [0, 0.1) is 0 Å². The average Bonchev–Trinajstić information content (AvgIpc) is 3.08. The van der Waals surface area contributed by atoms with Gasteiger partial charge in [0.1, 0.15) is 0 Å². The lowest BCUT2D eigenvalue weighted by molar-refractivity contribution is -0.658. The molecule has 3 aromatic carbocycles. The Morgan fingerprint density at radius 2 is 1.71 bits per heavy atom. The van der Waals surface area contributed by atoms with Gasteiger partial charge in [0.15, 0.2) is 17.6 Å². The van der Waals surface area contributed by atoms with Gasteiger partial charge >= 0.3 is 0 Å². The number of imidazole rings is 1. The first-order valence-electron chi connectivity index (χ1n) is 8.98. The van der Waals surface area contributed by atoms with Crippen LogP contribution in [0.4, 0.5) is 5.69 Å². The molecule has 1 N–H and O–H groups in total. The molecule has 1 aromatic heterocycles. The summed E-state index contributed by atoms with van der Waals surface area (Å²) in [4.78, 5) is 14.9. The molecule has 0 aliphatic carbocycles. The van der Waals surface area contributed by atoms with Crippen molar-refractivity contribution < 1.29 is 9.36 Å². The van der Waals surface area contributed by atoms with Crippen molar-refractivity contribution in [1.82, 2.24) is 4.57 Å². The number of benzene rings is 3. The Kier molecular flexibility index (Phi) is 5.26. The quantitative estimate of drug-likeness (QED) is 0.483. The van der Waals surface area contributed by atoms with Crippen LogP contribution in [0.25, 0.3) is 17.2 Å². The van der Waals surface area contributed by atoms with E-state index in [2.05, 4.69) is 24.0 Å². The van der Waals surface area contributed by atoms with Crippen LogP contribution in [0.5, 0.6) is 0 Å². The normalized spacial score (nSPS) is 10.7. The summed E-state index contributed by atoms with van der Waals surface area (Å²) in [5.41, 5.74) is 2.82. The van der Waals surface area contributed by atoms with Gasteiger partial charge in [-0.05, 0) is 36.4 Å². The molecule has 0 saturated carbocycles. The molecule has 1 amide bonds. The molecule has 0 saturated heterocycles. The predicted molar refractivity (Wildman–Crippen MR) is 114 cm³/mol. The molecule has 0 bridgehead atoms. The van der Waals surface area contributed by atoms with Crippen LogP contribution in [-0.2, 0) is 11.3 Å². The number of aromatic nitrogens is 2. The van der Waals surface area contributed by atoms with Crippen LogP contribution < -0.4 is 9.88 Å². The molecule has 0 radical (unpaired) electrons. The molecule has 4 aromatic rings. The van der Waals surface area contributed by atoms with E-state index in [0.29, 0.717) is 0 Å². The number of carbonyl (C=O) groups is 1. The van der Waals surface area contributed by atoms with Gasteiger partial charge in [0.05, 0.1) is 11.9 Å². The third-order valence-electron chi connectivity index (χ3n) is 4.38. The molecule has 28 heavy (non-hydrogen) atoms. The molecule has 0 aliphatic rings. The zero-order chi connectivity index (χ0) is 19.3. The lowest BCUT2D eigenvalue weighted by atomic mass is 10.3. The number of anilines is 1. The van der Waals surface area contributed by atoms with Gasteiger partial charge in [0.2, 0.25) is 6.33 Å². The number of hydrogen-bond donors (Lipinski definition) is 1. The number of amides is 1. The molecule has 0 atom stereocenters. The smallest absolute Gasteiger partial charge is 0.266 e. The minimum absolute atomic E-state index is 0.0712. The fraction of sp³-hybridized carbons (Fsp3) is 0.0435. The molecular weight excluding hydrogens is 366 g/mol. The average molecular weight is 387 g/mol. The second kappa shape index (κ2) is 8.15. The Bertz CT molecular complexity index is 1140. The Labute approximate surface area is 168 Å². The Balaban J connectivity index is 1.54. The van der Waals surface area contributed by atoms with Crippen molar-refractivity contribution in [2.45, 2.75) is 16.3 Å². The van der Waals surface area contributed by atoms with Crippen molar-refractivity contribution in [1.29, 1.82) is 0 Å². The van der Waals surface area contributed by atoms with Crippen molar-refractivity contribution in [3.05, 3.63) is 91.8 Å². The third-order valence-corrected chi connectivity index (χ3v) is 5.46. The SMILES string of the molecule is C=Cn1c[n+](CC(=O)Nc2ccccc2Sc2ccccc2)c2ccccc21. The second-order valence-electron chi connectivity index (χ2n) is 6.28. The number of carbonyl (C=O) groups excluding carboxylic acids is 1. The number of nitrogens with zero attached hydrogens (tertiary/aromatic N) is 2. The van der Waals surface area contributed by atoms with E-state index in [1.54, 1.807) is 18.0 Å². The maximum absolute atomic E-state index is 12.8. The van der Waals surface area contributed by atoms with Gasteiger partial charge in [-0.1, -0.05) is 60.8 Å². The van der Waals surface area contributed by atoms with Crippen LogP contribution >= 0.6 is 11.8 Å². The summed E-state index contributed by atoms with van der Waals surface area (Å²) in [6, 6.07) is 25.9. The molecule has 4 nitrogen and oxygen atoms in total. The first-order chi connectivity index (χ1) is 13.7. The number of fused-ring (bicyclic) bond motifs is 1. The Morgan fingerprint density at radius 1 is 1.00 bits per heavy atom. The summed E-state index contributed by atoms with van der Waals surface area (Å²) in [7, 11) is 0. The van der Waals surface area contributed by atoms with Crippen molar-refractivity contribution in [3.63, 3.8) is 0 Å². The Hall–Kier alpha value is -3.31. The van der Waals surface area contributed by atoms with Crippen LogP contribution in [0.3, 0.4) is 0 Å². The standard InChI is InChI=1S/C23H19N3OS/c1-2-25-17-26(21-14-8-7-13-20(21)25)16-23(27)24-19-12-6-9-15-22(19)28-18-10-4-3-5-11-18/h2-15,17H,1,16H2/p+1. The summed E-state index contributed by atoms with van der Waals surface area (Å²) < 4.78 is 3.85. The minimum Gasteiger partial charge on any atom is -0.322 e. The van der Waals surface area contributed by atoms with E-state index >= 15 is 0 Å². The fourth-order valence-electron chi connectivity index (χ4n) is 3.09. The van der Waals surface area contributed by atoms with Gasteiger partial charge in [-0.3, -0.25) is 4.79 Å². The van der Waals surface area contributed by atoms with Crippen LogP contribution in [-0.4, -0.2) is 10.5 Å². The van der Waals surface area contributed by atoms with E-state index in [-0.39, 0.29) is 12.5 Å². The summed E-state index contributed by atoms with van der Waals surface area (Å²) in [6.07, 6.45) is 3.63.